The summed E-state index contributed by atoms with van der Waals surface area (Å²) in [4.78, 5) is 11.4. The molecule has 152 valence electrons. The van der Waals surface area contributed by atoms with Gasteiger partial charge in [-0.2, -0.15) is 0 Å². The third kappa shape index (κ3) is 5.94. The van der Waals surface area contributed by atoms with Crippen molar-refractivity contribution in [1.29, 1.82) is 0 Å². The van der Waals surface area contributed by atoms with Gasteiger partial charge < -0.3 is 19.7 Å². The summed E-state index contributed by atoms with van der Waals surface area (Å²) in [5.74, 6) is 0.967. The van der Waals surface area contributed by atoms with Gasteiger partial charge in [0.1, 0.15) is 11.4 Å². The highest BCUT2D eigenvalue weighted by molar-refractivity contribution is 5.69. The Labute approximate surface area is 162 Å². The van der Waals surface area contributed by atoms with E-state index in [4.69, 9.17) is 9.47 Å². The topological polar surface area (TPSA) is 76.0 Å². The maximum atomic E-state index is 11.4. The molecule has 5 nitrogen and oxygen atoms in total. The van der Waals surface area contributed by atoms with Gasteiger partial charge >= 0.3 is 5.97 Å². The first-order chi connectivity index (χ1) is 12.6. The highest BCUT2D eigenvalue weighted by Gasteiger charge is 2.34. The molecule has 2 rings (SSSR count). The Kier molecular flexibility index (Phi) is 7.29. The second kappa shape index (κ2) is 9.07. The summed E-state index contributed by atoms with van der Waals surface area (Å²) in [7, 11) is 0. The summed E-state index contributed by atoms with van der Waals surface area (Å²) < 4.78 is 11.0. The lowest BCUT2D eigenvalue weighted by Gasteiger charge is -2.19. The van der Waals surface area contributed by atoms with Crippen LogP contribution in [0.3, 0.4) is 0 Å². The molecule has 27 heavy (non-hydrogen) atoms. The van der Waals surface area contributed by atoms with Gasteiger partial charge in [0, 0.05) is 12.0 Å². The molecular formula is C22H34O5. The van der Waals surface area contributed by atoms with E-state index >= 15 is 0 Å². The molecule has 2 N–H and O–H groups in total. The fourth-order valence-electron chi connectivity index (χ4n) is 3.73. The minimum atomic E-state index is -0.886. The van der Waals surface area contributed by atoms with Crippen LogP contribution in [-0.2, 0) is 22.4 Å². The molecule has 0 fully saturated rings. The highest BCUT2D eigenvalue weighted by Crippen LogP contribution is 2.42. The van der Waals surface area contributed by atoms with E-state index in [0.717, 1.165) is 17.7 Å². The number of carbonyl (C=O) groups is 1. The molecule has 0 amide bonds. The quantitative estimate of drug-likeness (QED) is 0.643. The van der Waals surface area contributed by atoms with Crippen LogP contribution in [0.25, 0.3) is 0 Å². The lowest BCUT2D eigenvalue weighted by atomic mass is 9.89. The van der Waals surface area contributed by atoms with Crippen molar-refractivity contribution in [2.24, 2.45) is 0 Å². The maximum Gasteiger partial charge on any atom is 0.308 e. The van der Waals surface area contributed by atoms with E-state index < -0.39 is 18.2 Å². The number of hydrogen-bond donors (Lipinski definition) is 2. The molecule has 1 aliphatic rings. The van der Waals surface area contributed by atoms with Crippen LogP contribution in [0, 0.1) is 0 Å². The summed E-state index contributed by atoms with van der Waals surface area (Å²) in [6.45, 7) is 10.6. The molecule has 2 unspecified atom stereocenters. The van der Waals surface area contributed by atoms with Crippen LogP contribution in [0.5, 0.6) is 5.75 Å². The van der Waals surface area contributed by atoms with Crippen LogP contribution >= 0.6 is 0 Å². The van der Waals surface area contributed by atoms with E-state index in [1.165, 1.54) is 11.1 Å². The predicted octanol–water partition coefficient (Wildman–Crippen LogP) is 3.52. The van der Waals surface area contributed by atoms with Gasteiger partial charge in [-0.25, -0.2) is 0 Å². The van der Waals surface area contributed by atoms with Crippen LogP contribution in [0.4, 0.5) is 0 Å². The number of rotatable bonds is 9. The third-order valence-electron chi connectivity index (χ3n) is 4.98. The fourth-order valence-corrected chi connectivity index (χ4v) is 3.73. The highest BCUT2D eigenvalue weighted by atomic mass is 16.5. The van der Waals surface area contributed by atoms with Crippen LogP contribution < -0.4 is 4.74 Å². The average molecular weight is 379 g/mol. The van der Waals surface area contributed by atoms with E-state index in [1.807, 2.05) is 0 Å². The zero-order chi connectivity index (χ0) is 20.2. The van der Waals surface area contributed by atoms with Gasteiger partial charge in [-0.05, 0) is 57.1 Å². The molecule has 1 aliphatic heterocycles. The maximum absolute atomic E-state index is 11.4. The summed E-state index contributed by atoms with van der Waals surface area (Å²) in [6, 6.07) is 4.27. The van der Waals surface area contributed by atoms with Crippen molar-refractivity contribution < 1.29 is 24.5 Å². The monoisotopic (exact) mass is 378 g/mol. The second-order valence-electron chi connectivity index (χ2n) is 8.41. The molecule has 0 radical (unpaired) electrons. The van der Waals surface area contributed by atoms with Crippen molar-refractivity contribution in [3.8, 4) is 5.75 Å². The smallest absolute Gasteiger partial charge is 0.308 e. The minimum Gasteiger partial charge on any atom is -0.487 e. The summed E-state index contributed by atoms with van der Waals surface area (Å²) >= 11 is 0. The van der Waals surface area contributed by atoms with Gasteiger partial charge in [-0.1, -0.05) is 26.0 Å². The van der Waals surface area contributed by atoms with Crippen molar-refractivity contribution in [2.75, 3.05) is 6.61 Å². The molecule has 0 bridgehead atoms. The van der Waals surface area contributed by atoms with Gasteiger partial charge in [-0.3, -0.25) is 4.79 Å². The Bertz CT molecular complexity index is 650. The number of aryl methyl sites for hydroxylation is 1. The van der Waals surface area contributed by atoms with Crippen LogP contribution in [0.15, 0.2) is 12.1 Å². The second-order valence-corrected chi connectivity index (χ2v) is 8.41. The predicted molar refractivity (Wildman–Crippen MR) is 105 cm³/mol. The van der Waals surface area contributed by atoms with Crippen molar-refractivity contribution in [3.63, 3.8) is 0 Å². The Morgan fingerprint density at radius 2 is 1.96 bits per heavy atom. The van der Waals surface area contributed by atoms with E-state index in [9.17, 15) is 15.0 Å². The molecule has 2 atom stereocenters. The largest absolute Gasteiger partial charge is 0.487 e. The van der Waals surface area contributed by atoms with Gasteiger partial charge in [0.15, 0.2) is 0 Å². The number of ether oxygens (including phenoxy) is 2. The zero-order valence-corrected chi connectivity index (χ0v) is 17.2. The average Bonchev–Trinajstić information content (AvgIpc) is 2.87. The summed E-state index contributed by atoms with van der Waals surface area (Å²) in [6.07, 6.45) is 0.594. The van der Waals surface area contributed by atoms with E-state index in [0.29, 0.717) is 25.4 Å². The number of aliphatic hydroxyl groups excluding tert-OH is 2. The van der Waals surface area contributed by atoms with E-state index in [1.54, 1.807) is 6.92 Å². The molecule has 0 aliphatic carbocycles. The van der Waals surface area contributed by atoms with Gasteiger partial charge in [-0.15, -0.1) is 0 Å². The molecule has 1 aromatic carbocycles. The number of benzene rings is 1. The van der Waals surface area contributed by atoms with E-state index in [-0.39, 0.29) is 18.4 Å². The molecule has 0 spiro atoms. The fraction of sp³-hybridized carbons (Fsp3) is 0.682. The molecule has 0 saturated carbocycles. The lowest BCUT2D eigenvalue weighted by molar-refractivity contribution is -0.145. The third-order valence-corrected chi connectivity index (χ3v) is 4.98. The first-order valence-electron chi connectivity index (χ1n) is 9.98. The first kappa shape index (κ1) is 21.7. The Morgan fingerprint density at radius 3 is 2.59 bits per heavy atom. The lowest BCUT2D eigenvalue weighted by Crippen LogP contribution is -2.25. The Balaban J connectivity index is 1.98. The Hall–Kier alpha value is -1.59. The van der Waals surface area contributed by atoms with Crippen LogP contribution in [0.2, 0.25) is 0 Å². The summed E-state index contributed by atoms with van der Waals surface area (Å²) in [5.41, 5.74) is 3.49. The van der Waals surface area contributed by atoms with Gasteiger partial charge in [0.25, 0.3) is 0 Å². The van der Waals surface area contributed by atoms with Crippen LogP contribution in [-0.4, -0.2) is 40.6 Å². The van der Waals surface area contributed by atoms with Gasteiger partial charge in [0.05, 0.1) is 25.2 Å². The number of carbonyl (C=O) groups excluding carboxylic acids is 1. The van der Waals surface area contributed by atoms with Gasteiger partial charge in [0.2, 0.25) is 0 Å². The SMILES string of the molecule is CCOC(=O)CC(O)CC(O)CCc1ccc(C(C)C)c2c1OC(C)(C)C2. The Morgan fingerprint density at radius 1 is 1.26 bits per heavy atom. The van der Waals surface area contributed by atoms with Crippen molar-refractivity contribution in [3.05, 3.63) is 28.8 Å². The normalized spacial score (nSPS) is 17.3. The van der Waals surface area contributed by atoms with Crippen LogP contribution in [0.1, 0.15) is 76.5 Å². The molecular weight excluding hydrogens is 344 g/mol. The minimum absolute atomic E-state index is 0.0827. The molecule has 5 heteroatoms. The number of hydrogen-bond acceptors (Lipinski definition) is 5. The number of aliphatic hydroxyl groups is 2. The summed E-state index contributed by atoms with van der Waals surface area (Å²) in [5, 5.41) is 20.2. The molecule has 0 aromatic heterocycles. The van der Waals surface area contributed by atoms with Crippen molar-refractivity contribution >= 4 is 5.97 Å². The molecule has 0 saturated heterocycles. The zero-order valence-electron chi connectivity index (χ0n) is 17.2. The molecule has 1 aromatic rings. The number of fused-ring (bicyclic) bond motifs is 1. The number of esters is 1. The van der Waals surface area contributed by atoms with Crippen molar-refractivity contribution in [2.45, 2.75) is 90.4 Å². The van der Waals surface area contributed by atoms with Crippen molar-refractivity contribution in [1.82, 2.24) is 0 Å². The standard InChI is InChI=1S/C22H34O5/c1-6-26-20(25)12-17(24)11-16(23)9-7-15-8-10-18(14(2)3)19-13-22(4,5)27-21(15)19/h8,10,14,16-17,23-24H,6-7,9,11-13H2,1-5H3. The van der Waals surface area contributed by atoms with E-state index in [2.05, 4.69) is 39.8 Å². The molecule has 1 heterocycles. The first-order valence-corrected chi connectivity index (χ1v) is 9.98.